The highest BCUT2D eigenvalue weighted by atomic mass is 16.7. The van der Waals surface area contributed by atoms with E-state index < -0.39 is 0 Å². The van der Waals surface area contributed by atoms with Crippen molar-refractivity contribution < 1.29 is 18.9 Å². The zero-order chi connectivity index (χ0) is 18.6. The van der Waals surface area contributed by atoms with Crippen LogP contribution in [0.1, 0.15) is 45.1 Å². The topological polar surface area (TPSA) is 36.9 Å². The van der Waals surface area contributed by atoms with Gasteiger partial charge in [0.25, 0.3) is 0 Å². The van der Waals surface area contributed by atoms with Crippen LogP contribution in [0.25, 0.3) is 0 Å². The van der Waals surface area contributed by atoms with Gasteiger partial charge in [-0.15, -0.1) is 0 Å². The van der Waals surface area contributed by atoms with Crippen molar-refractivity contribution in [2.24, 2.45) is 0 Å². The van der Waals surface area contributed by atoms with Crippen molar-refractivity contribution in [1.82, 2.24) is 0 Å². The summed E-state index contributed by atoms with van der Waals surface area (Å²) in [6.07, 6.45) is 12.8. The third-order valence-electron chi connectivity index (χ3n) is 4.33. The fourth-order valence-corrected chi connectivity index (χ4v) is 2.79. The highest BCUT2D eigenvalue weighted by Gasteiger charge is 2.15. The molecule has 1 heterocycles. The van der Waals surface area contributed by atoms with Crippen LogP contribution in [0.15, 0.2) is 48.6 Å². The lowest BCUT2D eigenvalue weighted by Gasteiger charge is -2.23. The largest absolute Gasteiger partial charge is 0.497 e. The molecule has 4 heteroatoms. The number of unbranched alkanes of at least 4 members (excludes halogenated alkanes) is 1. The summed E-state index contributed by atoms with van der Waals surface area (Å²) >= 11 is 0. The van der Waals surface area contributed by atoms with Crippen molar-refractivity contribution in [3.8, 4) is 5.75 Å². The van der Waals surface area contributed by atoms with Crippen molar-refractivity contribution in [1.29, 1.82) is 0 Å². The van der Waals surface area contributed by atoms with E-state index in [4.69, 9.17) is 18.9 Å². The zero-order valence-corrected chi connectivity index (χ0v) is 16.2. The van der Waals surface area contributed by atoms with E-state index in [-0.39, 0.29) is 18.5 Å². The molecule has 0 saturated carbocycles. The van der Waals surface area contributed by atoms with Crippen LogP contribution >= 0.6 is 0 Å². The number of ether oxygens (including phenoxy) is 4. The smallest absolute Gasteiger partial charge is 0.177 e. The number of hydrogen-bond donors (Lipinski definition) is 0. The van der Waals surface area contributed by atoms with Crippen molar-refractivity contribution in [2.45, 2.75) is 64.6 Å². The second-order valence-electron chi connectivity index (χ2n) is 6.49. The second kappa shape index (κ2) is 11.9. The molecule has 144 valence electrons. The van der Waals surface area contributed by atoms with Gasteiger partial charge in [0, 0.05) is 6.61 Å². The first kappa shape index (κ1) is 20.7. The first-order valence-corrected chi connectivity index (χ1v) is 9.56. The number of allylic oxidation sites excluding steroid dienone is 1. The third-order valence-corrected chi connectivity index (χ3v) is 4.33. The maximum atomic E-state index is 5.92. The standard InChI is InChI=1S/C22H32O4/c1-4-24-22-12-8-11-21(26-22)10-7-5-6-9-18(2)25-17-19-13-15-20(23-3)16-14-19/h7-8,10,12-16,18,21-22H,4-6,9,11,17H2,1-3H3/b10-7+/t18-,21-,22+/m0/s1. The van der Waals surface area contributed by atoms with Crippen molar-refractivity contribution in [2.75, 3.05) is 13.7 Å². The van der Waals surface area contributed by atoms with E-state index in [0.29, 0.717) is 13.2 Å². The molecule has 0 N–H and O–H groups in total. The molecule has 4 nitrogen and oxygen atoms in total. The summed E-state index contributed by atoms with van der Waals surface area (Å²) in [5.41, 5.74) is 1.17. The number of methoxy groups -OCH3 is 1. The Labute approximate surface area is 157 Å². The summed E-state index contributed by atoms with van der Waals surface area (Å²) in [5, 5.41) is 0. The molecule has 1 aliphatic heterocycles. The predicted molar refractivity (Wildman–Crippen MR) is 104 cm³/mol. The van der Waals surface area contributed by atoms with Gasteiger partial charge in [-0.3, -0.25) is 0 Å². The Morgan fingerprint density at radius 2 is 2.08 bits per heavy atom. The Morgan fingerprint density at radius 3 is 2.81 bits per heavy atom. The van der Waals surface area contributed by atoms with Crippen LogP contribution < -0.4 is 4.74 Å². The fraction of sp³-hybridized carbons (Fsp3) is 0.545. The van der Waals surface area contributed by atoms with E-state index in [2.05, 4.69) is 25.2 Å². The molecule has 0 bridgehead atoms. The molecule has 0 aliphatic carbocycles. The summed E-state index contributed by atoms with van der Waals surface area (Å²) in [5.74, 6) is 0.874. The van der Waals surface area contributed by atoms with Gasteiger partial charge in [0.05, 0.1) is 25.9 Å². The van der Waals surface area contributed by atoms with Crippen LogP contribution in [0.5, 0.6) is 5.75 Å². The molecule has 0 aromatic heterocycles. The Kier molecular flexibility index (Phi) is 9.46. The zero-order valence-electron chi connectivity index (χ0n) is 16.2. The first-order chi connectivity index (χ1) is 12.7. The van der Waals surface area contributed by atoms with E-state index in [0.717, 1.165) is 31.4 Å². The van der Waals surface area contributed by atoms with Gasteiger partial charge < -0.3 is 18.9 Å². The van der Waals surface area contributed by atoms with Crippen LogP contribution in [0.3, 0.4) is 0 Å². The molecule has 1 aromatic carbocycles. The van der Waals surface area contributed by atoms with Crippen molar-refractivity contribution in [3.63, 3.8) is 0 Å². The molecule has 0 saturated heterocycles. The van der Waals surface area contributed by atoms with E-state index in [1.807, 2.05) is 37.3 Å². The fourth-order valence-electron chi connectivity index (χ4n) is 2.79. The highest BCUT2D eigenvalue weighted by Crippen LogP contribution is 2.16. The first-order valence-electron chi connectivity index (χ1n) is 9.56. The predicted octanol–water partition coefficient (Wildman–Crippen LogP) is 5.03. The molecule has 0 radical (unpaired) electrons. The van der Waals surface area contributed by atoms with Gasteiger partial charge in [-0.1, -0.05) is 30.4 Å². The van der Waals surface area contributed by atoms with Crippen LogP contribution in [0.4, 0.5) is 0 Å². The molecular formula is C22H32O4. The highest BCUT2D eigenvalue weighted by molar-refractivity contribution is 5.26. The summed E-state index contributed by atoms with van der Waals surface area (Å²) in [6, 6.07) is 8.02. The Morgan fingerprint density at radius 1 is 1.27 bits per heavy atom. The number of hydrogen-bond acceptors (Lipinski definition) is 4. The van der Waals surface area contributed by atoms with Crippen molar-refractivity contribution >= 4 is 0 Å². The molecule has 2 rings (SSSR count). The second-order valence-corrected chi connectivity index (χ2v) is 6.49. The average Bonchev–Trinajstić information content (AvgIpc) is 2.67. The molecule has 26 heavy (non-hydrogen) atoms. The Balaban J connectivity index is 1.57. The summed E-state index contributed by atoms with van der Waals surface area (Å²) < 4.78 is 22.4. The SMILES string of the molecule is CCO[C@H]1C=CC[C@H](/C=C/CCC[C@H](C)OCc2ccc(OC)cc2)O1. The van der Waals surface area contributed by atoms with Gasteiger partial charge >= 0.3 is 0 Å². The van der Waals surface area contributed by atoms with Gasteiger partial charge in [0.1, 0.15) is 5.75 Å². The molecular weight excluding hydrogens is 328 g/mol. The maximum absolute atomic E-state index is 5.92. The van der Waals surface area contributed by atoms with Crippen LogP contribution in [-0.2, 0) is 20.8 Å². The van der Waals surface area contributed by atoms with Crippen LogP contribution in [0, 0.1) is 0 Å². The molecule has 1 aliphatic rings. The lowest BCUT2D eigenvalue weighted by molar-refractivity contribution is -0.132. The van der Waals surface area contributed by atoms with Gasteiger partial charge in [-0.05, 0) is 63.3 Å². The lowest BCUT2D eigenvalue weighted by atomic mass is 10.1. The van der Waals surface area contributed by atoms with Crippen molar-refractivity contribution in [3.05, 3.63) is 54.1 Å². The van der Waals surface area contributed by atoms with Gasteiger partial charge in [0.2, 0.25) is 0 Å². The van der Waals surface area contributed by atoms with E-state index in [1.54, 1.807) is 7.11 Å². The normalized spacial score (nSPS) is 21.2. The molecule has 3 atom stereocenters. The summed E-state index contributed by atoms with van der Waals surface area (Å²) in [7, 11) is 1.68. The average molecular weight is 360 g/mol. The Bertz CT molecular complexity index is 550. The van der Waals surface area contributed by atoms with E-state index in [9.17, 15) is 0 Å². The number of rotatable bonds is 11. The van der Waals surface area contributed by atoms with Gasteiger partial charge in [-0.25, -0.2) is 0 Å². The number of benzene rings is 1. The molecule has 1 aromatic rings. The summed E-state index contributed by atoms with van der Waals surface area (Å²) in [6.45, 7) is 5.42. The minimum absolute atomic E-state index is 0.125. The molecule has 0 unspecified atom stereocenters. The Hall–Kier alpha value is -1.62. The quantitative estimate of drug-likeness (QED) is 0.409. The minimum Gasteiger partial charge on any atom is -0.497 e. The van der Waals surface area contributed by atoms with Crippen LogP contribution in [0.2, 0.25) is 0 Å². The van der Waals surface area contributed by atoms with Gasteiger partial charge in [0.15, 0.2) is 6.29 Å². The van der Waals surface area contributed by atoms with E-state index in [1.165, 1.54) is 5.56 Å². The lowest BCUT2D eigenvalue weighted by Crippen LogP contribution is -2.24. The minimum atomic E-state index is -0.199. The molecule has 0 fully saturated rings. The molecule has 0 spiro atoms. The molecule has 0 amide bonds. The monoisotopic (exact) mass is 360 g/mol. The summed E-state index contributed by atoms with van der Waals surface area (Å²) in [4.78, 5) is 0. The maximum Gasteiger partial charge on any atom is 0.177 e. The van der Waals surface area contributed by atoms with E-state index >= 15 is 0 Å². The third kappa shape index (κ3) is 7.73. The van der Waals surface area contributed by atoms with Gasteiger partial charge in [-0.2, -0.15) is 0 Å². The van der Waals surface area contributed by atoms with Crippen LogP contribution in [-0.4, -0.2) is 32.2 Å².